The molecule has 3 rings (SSSR count). The molecule has 0 aliphatic carbocycles. The van der Waals surface area contributed by atoms with E-state index in [0.29, 0.717) is 0 Å². The van der Waals surface area contributed by atoms with Gasteiger partial charge in [-0.3, -0.25) is 0 Å². The van der Waals surface area contributed by atoms with E-state index in [9.17, 15) is 0 Å². The summed E-state index contributed by atoms with van der Waals surface area (Å²) in [6, 6.07) is 17.2. The molecule has 1 heteroatoms. The summed E-state index contributed by atoms with van der Waals surface area (Å²) in [5.74, 6) is 0. The molecule has 0 bridgehead atoms. The Morgan fingerprint density at radius 3 is 1.59 bits per heavy atom. The van der Waals surface area contributed by atoms with Gasteiger partial charge in [-0.25, -0.2) is 0 Å². The van der Waals surface area contributed by atoms with Gasteiger partial charge in [-0.1, -0.05) is 50.2 Å². The number of nitrogens with zero attached hydrogens (tertiary/aromatic N) is 1. The molecule has 1 nitrogen and oxygen atoms in total. The van der Waals surface area contributed by atoms with Crippen molar-refractivity contribution in [2.45, 2.75) is 27.3 Å². The minimum Gasteiger partial charge on any atom is -0.341 e. The van der Waals surface area contributed by atoms with Crippen molar-refractivity contribution >= 4 is 21.8 Å². The van der Waals surface area contributed by atoms with Gasteiger partial charge in [-0.2, -0.15) is 0 Å². The van der Waals surface area contributed by atoms with E-state index in [-0.39, 0.29) is 0 Å². The summed E-state index contributed by atoms with van der Waals surface area (Å²) >= 11 is 0. The molecule has 3 aromatic rings. The molecule has 0 unspecified atom stereocenters. The first kappa shape index (κ1) is 11.7. The van der Waals surface area contributed by atoms with Crippen LogP contribution in [0, 0.1) is 0 Å². The van der Waals surface area contributed by atoms with Crippen molar-refractivity contribution < 1.29 is 0 Å². The van der Waals surface area contributed by atoms with Crippen LogP contribution in [0.25, 0.3) is 21.8 Å². The van der Waals surface area contributed by atoms with Crippen molar-refractivity contribution in [2.24, 2.45) is 0 Å². The van der Waals surface area contributed by atoms with Crippen LogP contribution >= 0.6 is 0 Å². The van der Waals surface area contributed by atoms with Crippen LogP contribution in [0.3, 0.4) is 0 Å². The average Bonchev–Trinajstić information content (AvgIpc) is 2.75. The van der Waals surface area contributed by atoms with Gasteiger partial charge in [0.05, 0.1) is 0 Å². The summed E-state index contributed by atoms with van der Waals surface area (Å²) in [5, 5.41) is 2.71. The fourth-order valence-corrected chi connectivity index (χ4v) is 2.34. The van der Waals surface area contributed by atoms with Gasteiger partial charge in [0, 0.05) is 28.4 Å². The van der Waals surface area contributed by atoms with Gasteiger partial charge in [0.25, 0.3) is 0 Å². The third kappa shape index (κ3) is 1.82. The summed E-state index contributed by atoms with van der Waals surface area (Å²) in [6.45, 7) is 7.22. The van der Waals surface area contributed by atoms with Crippen molar-refractivity contribution in [3.63, 3.8) is 0 Å². The van der Waals surface area contributed by atoms with Crippen molar-refractivity contribution in [2.75, 3.05) is 0 Å². The predicted octanol–water partition coefficient (Wildman–Crippen LogP) is 4.84. The van der Waals surface area contributed by atoms with Gasteiger partial charge >= 0.3 is 0 Å². The van der Waals surface area contributed by atoms with Crippen LogP contribution in [0.4, 0.5) is 0 Å². The molecule has 0 radical (unpaired) electrons. The second-order valence-electron chi connectivity index (χ2n) is 3.78. The van der Waals surface area contributed by atoms with Crippen molar-refractivity contribution in [1.82, 2.24) is 4.57 Å². The van der Waals surface area contributed by atoms with Crippen LogP contribution in [0.5, 0.6) is 0 Å². The predicted molar refractivity (Wildman–Crippen MR) is 76.5 cm³/mol. The number of aryl methyl sites for hydroxylation is 1. The number of rotatable bonds is 1. The third-order valence-electron chi connectivity index (χ3n) is 3.00. The van der Waals surface area contributed by atoms with E-state index >= 15 is 0 Å². The second-order valence-corrected chi connectivity index (χ2v) is 3.78. The minimum absolute atomic E-state index is 1.02. The number of benzene rings is 2. The average molecular weight is 225 g/mol. The molecule has 1 aromatic heterocycles. The van der Waals surface area contributed by atoms with Crippen molar-refractivity contribution in [1.29, 1.82) is 0 Å². The Balaban J connectivity index is 0.000000514. The Morgan fingerprint density at radius 2 is 1.18 bits per heavy atom. The van der Waals surface area contributed by atoms with E-state index in [1.54, 1.807) is 0 Å². The maximum Gasteiger partial charge on any atom is 0.0491 e. The summed E-state index contributed by atoms with van der Waals surface area (Å²) in [5.41, 5.74) is 2.67. The molecule has 17 heavy (non-hydrogen) atoms. The molecule has 0 saturated heterocycles. The highest BCUT2D eigenvalue weighted by Crippen LogP contribution is 2.28. The van der Waals surface area contributed by atoms with Crippen LogP contribution in [-0.2, 0) is 6.54 Å². The van der Waals surface area contributed by atoms with E-state index in [2.05, 4.69) is 60.0 Å². The zero-order chi connectivity index (χ0) is 12.3. The Hall–Kier alpha value is -1.76. The van der Waals surface area contributed by atoms with E-state index in [1.165, 1.54) is 21.8 Å². The van der Waals surface area contributed by atoms with Crippen LogP contribution in [0.2, 0.25) is 0 Å². The topological polar surface area (TPSA) is 4.93 Å². The normalized spacial score (nSPS) is 10.3. The Morgan fingerprint density at radius 1 is 0.765 bits per heavy atom. The lowest BCUT2D eigenvalue weighted by Crippen LogP contribution is -1.91. The number of fused-ring (bicyclic) bond motifs is 3. The summed E-state index contributed by atoms with van der Waals surface area (Å²) in [4.78, 5) is 0. The SMILES string of the molecule is CC.CCn1c2ccccc2c2ccccc21. The van der Waals surface area contributed by atoms with Crippen LogP contribution in [-0.4, -0.2) is 4.57 Å². The molecule has 2 aromatic carbocycles. The second kappa shape index (κ2) is 5.05. The first-order chi connectivity index (χ1) is 8.42. The lowest BCUT2D eigenvalue weighted by Gasteiger charge is -2.01. The van der Waals surface area contributed by atoms with Crippen LogP contribution in [0.15, 0.2) is 48.5 Å². The maximum atomic E-state index is 2.37. The fraction of sp³-hybridized carbons (Fsp3) is 0.250. The molecule has 0 saturated carbocycles. The third-order valence-corrected chi connectivity index (χ3v) is 3.00. The van der Waals surface area contributed by atoms with Gasteiger partial charge < -0.3 is 4.57 Å². The number of hydrogen-bond acceptors (Lipinski definition) is 0. The monoisotopic (exact) mass is 225 g/mol. The summed E-state index contributed by atoms with van der Waals surface area (Å²) in [7, 11) is 0. The summed E-state index contributed by atoms with van der Waals surface area (Å²) < 4.78 is 2.37. The Kier molecular flexibility index (Phi) is 3.48. The van der Waals surface area contributed by atoms with Crippen LogP contribution in [0.1, 0.15) is 20.8 Å². The molecule has 0 spiro atoms. The Labute approximate surface area is 103 Å². The van der Waals surface area contributed by atoms with Gasteiger partial charge in [-0.05, 0) is 19.1 Å². The van der Waals surface area contributed by atoms with Gasteiger partial charge in [-0.15, -0.1) is 0 Å². The number of hydrogen-bond donors (Lipinski definition) is 0. The van der Waals surface area contributed by atoms with Gasteiger partial charge in [0.1, 0.15) is 0 Å². The quantitative estimate of drug-likeness (QED) is 0.558. The molecule has 0 aliphatic rings. The highest BCUT2D eigenvalue weighted by atomic mass is 15.0. The zero-order valence-corrected chi connectivity index (χ0v) is 10.8. The zero-order valence-electron chi connectivity index (χ0n) is 10.8. The molecule has 88 valence electrons. The first-order valence-corrected chi connectivity index (χ1v) is 6.38. The molecule has 1 heterocycles. The lowest BCUT2D eigenvalue weighted by atomic mass is 10.2. The van der Waals surface area contributed by atoms with E-state index in [0.717, 1.165) is 6.54 Å². The number of aromatic nitrogens is 1. The largest absolute Gasteiger partial charge is 0.341 e. The molecular weight excluding hydrogens is 206 g/mol. The molecule has 0 amide bonds. The fourth-order valence-electron chi connectivity index (χ4n) is 2.34. The molecular formula is C16H19N. The van der Waals surface area contributed by atoms with E-state index in [1.807, 2.05) is 13.8 Å². The maximum absolute atomic E-state index is 2.37. The van der Waals surface area contributed by atoms with E-state index in [4.69, 9.17) is 0 Å². The van der Waals surface area contributed by atoms with Gasteiger partial charge in [0.15, 0.2) is 0 Å². The summed E-state index contributed by atoms with van der Waals surface area (Å²) in [6.07, 6.45) is 0. The highest BCUT2D eigenvalue weighted by molar-refractivity contribution is 6.07. The Bertz CT molecular complexity index is 566. The molecule has 0 fully saturated rings. The smallest absolute Gasteiger partial charge is 0.0491 e. The van der Waals surface area contributed by atoms with E-state index < -0.39 is 0 Å². The van der Waals surface area contributed by atoms with Crippen molar-refractivity contribution in [3.05, 3.63) is 48.5 Å². The van der Waals surface area contributed by atoms with Crippen LogP contribution < -0.4 is 0 Å². The molecule has 0 atom stereocenters. The molecule has 0 aliphatic heterocycles. The standard InChI is InChI=1S/C14H13N.C2H6/c1-2-15-13-9-5-3-7-11(13)12-8-4-6-10-14(12)15;1-2/h3-10H,2H2,1H3;1-2H3. The van der Waals surface area contributed by atoms with Gasteiger partial charge in [0.2, 0.25) is 0 Å². The minimum atomic E-state index is 1.02. The molecule has 0 N–H and O–H groups in total. The lowest BCUT2D eigenvalue weighted by molar-refractivity contribution is 0.827. The highest BCUT2D eigenvalue weighted by Gasteiger charge is 2.06. The van der Waals surface area contributed by atoms with Crippen molar-refractivity contribution in [3.8, 4) is 0 Å². The first-order valence-electron chi connectivity index (χ1n) is 6.38. The number of para-hydroxylation sites is 2.